The van der Waals surface area contributed by atoms with E-state index in [2.05, 4.69) is 11.6 Å². The van der Waals surface area contributed by atoms with Crippen LogP contribution < -0.4 is 9.47 Å². The number of hydrogen-bond acceptors (Lipinski definition) is 5. The predicted molar refractivity (Wildman–Crippen MR) is 135 cm³/mol. The van der Waals surface area contributed by atoms with Crippen molar-refractivity contribution in [1.82, 2.24) is 0 Å². The van der Waals surface area contributed by atoms with Crippen LogP contribution in [0, 0.1) is 0 Å². The van der Waals surface area contributed by atoms with Crippen LogP contribution in [0.2, 0.25) is 5.02 Å². The highest BCUT2D eigenvalue weighted by Gasteiger charge is 2.24. The second-order valence-corrected chi connectivity index (χ2v) is 8.20. The van der Waals surface area contributed by atoms with Gasteiger partial charge in [-0.3, -0.25) is 0 Å². The van der Waals surface area contributed by atoms with E-state index in [-0.39, 0.29) is 11.6 Å². The van der Waals surface area contributed by atoms with Crippen molar-refractivity contribution in [3.05, 3.63) is 101 Å². The van der Waals surface area contributed by atoms with Gasteiger partial charge in [-0.25, -0.2) is 9.79 Å². The van der Waals surface area contributed by atoms with E-state index < -0.39 is 5.97 Å². The van der Waals surface area contributed by atoms with Gasteiger partial charge in [0.05, 0.1) is 11.6 Å². The van der Waals surface area contributed by atoms with Gasteiger partial charge in [-0.2, -0.15) is 0 Å². The first-order valence-electron chi connectivity index (χ1n) is 10.9. The monoisotopic (exact) mass is 473 g/mol. The number of rotatable bonds is 8. The molecule has 1 heterocycles. The Balaban J connectivity index is 1.60. The maximum absolute atomic E-state index is 12.5. The van der Waals surface area contributed by atoms with E-state index >= 15 is 0 Å². The molecule has 0 aliphatic carbocycles. The van der Waals surface area contributed by atoms with Crippen molar-refractivity contribution >= 4 is 29.5 Å². The van der Waals surface area contributed by atoms with Crippen LogP contribution in [-0.2, 0) is 9.53 Å². The fourth-order valence-electron chi connectivity index (χ4n) is 3.40. The Hall–Kier alpha value is -3.83. The van der Waals surface area contributed by atoms with Crippen LogP contribution in [0.1, 0.15) is 25.0 Å². The first kappa shape index (κ1) is 23.3. The zero-order valence-electron chi connectivity index (χ0n) is 19.0. The number of cyclic esters (lactones) is 1. The summed E-state index contributed by atoms with van der Waals surface area (Å²) in [5.74, 6) is 0.646. The van der Waals surface area contributed by atoms with E-state index in [1.807, 2.05) is 68.4 Å². The molecule has 1 aliphatic rings. The summed E-state index contributed by atoms with van der Waals surface area (Å²) in [7, 11) is 0. The quantitative estimate of drug-likeness (QED) is 0.207. The van der Waals surface area contributed by atoms with E-state index in [0.717, 1.165) is 16.7 Å². The van der Waals surface area contributed by atoms with Gasteiger partial charge in [-0.1, -0.05) is 60.6 Å². The van der Waals surface area contributed by atoms with Gasteiger partial charge < -0.3 is 14.2 Å². The molecule has 0 saturated carbocycles. The molecule has 5 nitrogen and oxygen atoms in total. The van der Waals surface area contributed by atoms with Gasteiger partial charge in [-0.05, 0) is 66.5 Å². The summed E-state index contributed by atoms with van der Waals surface area (Å²) in [5, 5.41) is 0.367. The lowest BCUT2D eigenvalue weighted by Crippen LogP contribution is -2.05. The number of benzene rings is 3. The van der Waals surface area contributed by atoms with Crippen LogP contribution in [0.4, 0.5) is 0 Å². The molecular formula is C28H24ClNO4. The summed E-state index contributed by atoms with van der Waals surface area (Å²) in [4.78, 5) is 16.9. The molecule has 34 heavy (non-hydrogen) atoms. The smallest absolute Gasteiger partial charge is 0.363 e. The van der Waals surface area contributed by atoms with Crippen molar-refractivity contribution in [2.24, 2.45) is 4.99 Å². The standard InChI is InChI=1S/C28H24ClNO4/c1-4-32-25-16-19(14-23(29)26(25)33-17-18(2)3)15-24-28(31)34-27(30-24)22-12-10-21(11-13-22)20-8-6-5-7-9-20/h5-16H,2,4,17H2,1,3H3/b24-15-. The molecule has 0 bridgehead atoms. The highest BCUT2D eigenvalue weighted by Crippen LogP contribution is 2.38. The minimum absolute atomic E-state index is 0.177. The SMILES string of the molecule is C=C(C)COc1c(Cl)cc(/C=C2\N=C(c3ccc(-c4ccccc4)cc3)OC2=O)cc1OCC. The van der Waals surface area contributed by atoms with Crippen LogP contribution in [0.5, 0.6) is 11.5 Å². The summed E-state index contributed by atoms with van der Waals surface area (Å²) in [6.45, 7) is 8.33. The van der Waals surface area contributed by atoms with Gasteiger partial charge >= 0.3 is 5.97 Å². The predicted octanol–water partition coefficient (Wildman–Crippen LogP) is 6.71. The van der Waals surface area contributed by atoms with Crippen molar-refractivity contribution in [3.63, 3.8) is 0 Å². The van der Waals surface area contributed by atoms with Gasteiger partial charge in [0.15, 0.2) is 17.2 Å². The minimum atomic E-state index is -0.529. The number of ether oxygens (including phenoxy) is 3. The highest BCUT2D eigenvalue weighted by molar-refractivity contribution is 6.32. The van der Waals surface area contributed by atoms with Crippen molar-refractivity contribution < 1.29 is 19.0 Å². The minimum Gasteiger partial charge on any atom is -0.490 e. The fraction of sp³-hybridized carbons (Fsp3) is 0.143. The van der Waals surface area contributed by atoms with Crippen molar-refractivity contribution in [2.45, 2.75) is 13.8 Å². The third-order valence-corrected chi connectivity index (χ3v) is 5.24. The molecule has 0 fully saturated rings. The average Bonchev–Trinajstić information content (AvgIpc) is 3.19. The van der Waals surface area contributed by atoms with E-state index in [0.29, 0.717) is 40.9 Å². The second kappa shape index (κ2) is 10.4. The molecule has 3 aromatic carbocycles. The van der Waals surface area contributed by atoms with Crippen LogP contribution >= 0.6 is 11.6 Å². The lowest BCUT2D eigenvalue weighted by atomic mass is 10.0. The number of aliphatic imine (C=N–C) groups is 1. The normalized spacial score (nSPS) is 14.0. The van der Waals surface area contributed by atoms with Crippen LogP contribution in [-0.4, -0.2) is 25.1 Å². The maximum atomic E-state index is 12.5. The molecule has 6 heteroatoms. The first-order valence-corrected chi connectivity index (χ1v) is 11.2. The molecule has 0 spiro atoms. The Morgan fingerprint density at radius 2 is 1.71 bits per heavy atom. The molecule has 0 amide bonds. The summed E-state index contributed by atoms with van der Waals surface area (Å²) < 4.78 is 16.9. The maximum Gasteiger partial charge on any atom is 0.363 e. The van der Waals surface area contributed by atoms with E-state index in [1.165, 1.54) is 0 Å². The summed E-state index contributed by atoms with van der Waals surface area (Å²) >= 11 is 6.45. The van der Waals surface area contributed by atoms with Gasteiger partial charge in [0.1, 0.15) is 6.61 Å². The number of hydrogen-bond donors (Lipinski definition) is 0. The Labute approximate surface area is 204 Å². The van der Waals surface area contributed by atoms with Gasteiger partial charge in [0, 0.05) is 5.56 Å². The lowest BCUT2D eigenvalue weighted by molar-refractivity contribution is -0.129. The van der Waals surface area contributed by atoms with Crippen molar-refractivity contribution in [2.75, 3.05) is 13.2 Å². The molecule has 0 unspecified atom stereocenters. The number of esters is 1. The number of halogens is 1. The van der Waals surface area contributed by atoms with Gasteiger partial charge in [-0.15, -0.1) is 0 Å². The largest absolute Gasteiger partial charge is 0.490 e. The second-order valence-electron chi connectivity index (χ2n) is 7.79. The third-order valence-electron chi connectivity index (χ3n) is 4.96. The van der Waals surface area contributed by atoms with Crippen molar-refractivity contribution in [1.29, 1.82) is 0 Å². The number of carbonyl (C=O) groups is 1. The third kappa shape index (κ3) is 5.38. The zero-order chi connectivity index (χ0) is 24.1. The Kier molecular flexibility index (Phi) is 7.14. The average molecular weight is 474 g/mol. The molecule has 3 aromatic rings. The van der Waals surface area contributed by atoms with Gasteiger partial charge in [0.25, 0.3) is 0 Å². The van der Waals surface area contributed by atoms with E-state index in [4.69, 9.17) is 25.8 Å². The number of nitrogens with zero attached hydrogens (tertiary/aromatic N) is 1. The zero-order valence-corrected chi connectivity index (χ0v) is 19.8. The molecule has 1 aliphatic heterocycles. The van der Waals surface area contributed by atoms with Crippen molar-refractivity contribution in [3.8, 4) is 22.6 Å². The highest BCUT2D eigenvalue weighted by atomic mass is 35.5. The summed E-state index contributed by atoms with van der Waals surface area (Å²) in [6, 6.07) is 21.2. The molecule has 0 radical (unpaired) electrons. The Morgan fingerprint density at radius 3 is 2.38 bits per heavy atom. The van der Waals surface area contributed by atoms with Crippen LogP contribution in [0.3, 0.4) is 0 Å². The molecular weight excluding hydrogens is 450 g/mol. The van der Waals surface area contributed by atoms with Crippen LogP contribution in [0.15, 0.2) is 89.6 Å². The van der Waals surface area contributed by atoms with Gasteiger partial charge in [0.2, 0.25) is 5.90 Å². The molecule has 0 saturated heterocycles. The fourth-order valence-corrected chi connectivity index (χ4v) is 3.67. The lowest BCUT2D eigenvalue weighted by Gasteiger charge is -2.14. The van der Waals surface area contributed by atoms with Crippen LogP contribution in [0.25, 0.3) is 17.2 Å². The molecule has 0 atom stereocenters. The van der Waals surface area contributed by atoms with E-state index in [1.54, 1.807) is 18.2 Å². The topological polar surface area (TPSA) is 57.1 Å². The molecule has 0 N–H and O–H groups in total. The molecule has 172 valence electrons. The molecule has 4 rings (SSSR count). The first-order chi connectivity index (χ1) is 16.4. The number of carbonyl (C=O) groups excluding carboxylic acids is 1. The summed E-state index contributed by atoms with van der Waals surface area (Å²) in [5.41, 5.74) is 4.57. The molecule has 0 aromatic heterocycles. The summed E-state index contributed by atoms with van der Waals surface area (Å²) in [6.07, 6.45) is 1.62. The van der Waals surface area contributed by atoms with E-state index in [9.17, 15) is 4.79 Å². The Bertz CT molecular complexity index is 1280. The Morgan fingerprint density at radius 1 is 1.03 bits per heavy atom.